The molecule has 0 aliphatic rings. The molecule has 0 saturated carbocycles. The van der Waals surface area contributed by atoms with Crippen LogP contribution in [0.25, 0.3) is 0 Å². The zero-order valence-electron chi connectivity index (χ0n) is 19.4. The van der Waals surface area contributed by atoms with Crippen molar-refractivity contribution in [2.75, 3.05) is 17.1 Å². The van der Waals surface area contributed by atoms with E-state index in [9.17, 15) is 18.0 Å². The number of nitrogens with zero attached hydrogens (tertiary/aromatic N) is 2. The van der Waals surface area contributed by atoms with E-state index in [2.05, 4.69) is 5.32 Å². The van der Waals surface area contributed by atoms with Crippen LogP contribution in [0.15, 0.2) is 42.5 Å². The quantitative estimate of drug-likeness (QED) is 0.464. The van der Waals surface area contributed by atoms with Crippen LogP contribution in [0.5, 0.6) is 0 Å². The summed E-state index contributed by atoms with van der Waals surface area (Å²) < 4.78 is 26.0. The Balaban J connectivity index is 2.43. The van der Waals surface area contributed by atoms with Crippen molar-refractivity contribution in [2.24, 2.45) is 0 Å². The van der Waals surface area contributed by atoms with E-state index in [1.807, 2.05) is 13.8 Å². The van der Waals surface area contributed by atoms with Crippen molar-refractivity contribution in [3.8, 4) is 0 Å². The lowest BCUT2D eigenvalue weighted by Crippen LogP contribution is -2.52. The van der Waals surface area contributed by atoms with Gasteiger partial charge in [-0.1, -0.05) is 59.9 Å². The van der Waals surface area contributed by atoms with Gasteiger partial charge >= 0.3 is 0 Å². The van der Waals surface area contributed by atoms with Gasteiger partial charge < -0.3 is 10.2 Å². The minimum atomic E-state index is -3.87. The number of amides is 2. The van der Waals surface area contributed by atoms with Gasteiger partial charge in [0.25, 0.3) is 0 Å². The van der Waals surface area contributed by atoms with Crippen LogP contribution in [-0.4, -0.2) is 50.0 Å². The fraction of sp³-hybridized carbons (Fsp3) is 0.391. The van der Waals surface area contributed by atoms with Crippen LogP contribution in [0.4, 0.5) is 5.69 Å². The third kappa shape index (κ3) is 7.50. The first kappa shape index (κ1) is 28.2. The monoisotopic (exact) mass is 547 g/mol. The summed E-state index contributed by atoms with van der Waals surface area (Å²) in [5.74, 6) is -0.959. The van der Waals surface area contributed by atoms with Crippen molar-refractivity contribution in [3.05, 3.63) is 63.1 Å². The van der Waals surface area contributed by atoms with Crippen LogP contribution in [0.2, 0.25) is 15.1 Å². The second-order valence-corrected chi connectivity index (χ2v) is 11.1. The molecule has 0 radical (unpaired) electrons. The molecule has 7 nitrogen and oxygen atoms in total. The highest BCUT2D eigenvalue weighted by molar-refractivity contribution is 7.92. The molecule has 2 aromatic carbocycles. The first-order valence-corrected chi connectivity index (χ1v) is 13.6. The van der Waals surface area contributed by atoms with Crippen molar-refractivity contribution < 1.29 is 18.0 Å². The summed E-state index contributed by atoms with van der Waals surface area (Å²) in [5.41, 5.74) is 0.729. The fourth-order valence-electron chi connectivity index (χ4n) is 3.13. The zero-order valence-corrected chi connectivity index (χ0v) is 22.5. The lowest BCUT2D eigenvalue weighted by Gasteiger charge is -2.32. The average molecular weight is 549 g/mol. The predicted octanol–water partition coefficient (Wildman–Crippen LogP) is 4.74. The van der Waals surface area contributed by atoms with Crippen molar-refractivity contribution in [1.82, 2.24) is 10.2 Å². The number of hydrogen-bond acceptors (Lipinski definition) is 4. The highest BCUT2D eigenvalue weighted by Crippen LogP contribution is 2.28. The zero-order chi connectivity index (χ0) is 25.6. The Morgan fingerprint density at radius 2 is 1.68 bits per heavy atom. The number of sulfonamides is 1. The number of nitrogens with one attached hydrogen (secondary N) is 1. The van der Waals surface area contributed by atoms with E-state index in [1.54, 1.807) is 31.2 Å². The van der Waals surface area contributed by atoms with Crippen molar-refractivity contribution in [2.45, 2.75) is 45.8 Å². The highest BCUT2D eigenvalue weighted by Gasteiger charge is 2.31. The summed E-state index contributed by atoms with van der Waals surface area (Å²) in [5, 5.41) is 3.79. The number of benzene rings is 2. The molecule has 34 heavy (non-hydrogen) atoms. The highest BCUT2D eigenvalue weighted by atomic mass is 35.5. The minimum absolute atomic E-state index is 0.0238. The van der Waals surface area contributed by atoms with Crippen molar-refractivity contribution in [1.29, 1.82) is 0 Å². The van der Waals surface area contributed by atoms with E-state index in [4.69, 9.17) is 34.8 Å². The number of carbonyl (C=O) groups excluding carboxylic acids is 2. The lowest BCUT2D eigenvalue weighted by atomic mass is 10.1. The predicted molar refractivity (Wildman–Crippen MR) is 138 cm³/mol. The van der Waals surface area contributed by atoms with Crippen LogP contribution < -0.4 is 9.62 Å². The molecule has 11 heteroatoms. The van der Waals surface area contributed by atoms with Crippen LogP contribution >= 0.6 is 34.8 Å². The number of anilines is 1. The molecular weight excluding hydrogens is 521 g/mol. The van der Waals surface area contributed by atoms with Gasteiger partial charge in [0.15, 0.2) is 0 Å². The average Bonchev–Trinajstić information content (AvgIpc) is 2.76. The van der Waals surface area contributed by atoms with Gasteiger partial charge in [-0.15, -0.1) is 0 Å². The van der Waals surface area contributed by atoms with E-state index in [0.29, 0.717) is 22.0 Å². The number of para-hydroxylation sites is 1. The van der Waals surface area contributed by atoms with Crippen LogP contribution in [0.3, 0.4) is 0 Å². The van der Waals surface area contributed by atoms with E-state index in [1.165, 1.54) is 23.1 Å². The Morgan fingerprint density at radius 1 is 1.03 bits per heavy atom. The Labute approximate surface area is 216 Å². The third-order valence-corrected chi connectivity index (χ3v) is 7.36. The summed E-state index contributed by atoms with van der Waals surface area (Å²) in [6, 6.07) is 10.2. The SMILES string of the molecule is CC[C@H](C)NC(=O)[C@H](C)N(Cc1ccc(Cl)cc1Cl)C(=O)CN(c1ccccc1Cl)S(C)(=O)=O. The Bertz CT molecular complexity index is 1140. The number of rotatable bonds is 10. The third-order valence-electron chi connectivity index (χ3n) is 5.32. The summed E-state index contributed by atoms with van der Waals surface area (Å²) >= 11 is 18.5. The largest absolute Gasteiger partial charge is 0.352 e. The van der Waals surface area contributed by atoms with Crippen LogP contribution in [0, 0.1) is 0 Å². The summed E-state index contributed by atoms with van der Waals surface area (Å²) in [6.07, 6.45) is 1.70. The molecule has 186 valence electrons. The maximum absolute atomic E-state index is 13.5. The normalized spacial score (nSPS) is 13.1. The van der Waals surface area contributed by atoms with Gasteiger partial charge in [-0.05, 0) is 50.1 Å². The molecule has 0 aliphatic carbocycles. The van der Waals surface area contributed by atoms with E-state index in [-0.39, 0.29) is 29.2 Å². The van der Waals surface area contributed by atoms with Gasteiger partial charge in [-0.25, -0.2) is 8.42 Å². The van der Waals surface area contributed by atoms with Gasteiger partial charge in [-0.2, -0.15) is 0 Å². The smallest absolute Gasteiger partial charge is 0.244 e. The lowest BCUT2D eigenvalue weighted by molar-refractivity contribution is -0.139. The molecular formula is C23H28Cl3N3O4S. The maximum Gasteiger partial charge on any atom is 0.244 e. The van der Waals surface area contributed by atoms with E-state index >= 15 is 0 Å². The molecule has 1 N–H and O–H groups in total. The summed E-state index contributed by atoms with van der Waals surface area (Å²) in [7, 11) is -3.87. The summed E-state index contributed by atoms with van der Waals surface area (Å²) in [4.78, 5) is 27.7. The molecule has 2 aromatic rings. The fourth-order valence-corrected chi connectivity index (χ4v) is 4.75. The number of carbonyl (C=O) groups is 2. The Morgan fingerprint density at radius 3 is 2.24 bits per heavy atom. The van der Waals surface area contributed by atoms with Gasteiger partial charge in [0.2, 0.25) is 21.8 Å². The molecule has 0 aliphatic heterocycles. The number of halogens is 3. The Kier molecular flexibility index (Phi) is 10.1. The van der Waals surface area contributed by atoms with Crippen LogP contribution in [-0.2, 0) is 26.2 Å². The summed E-state index contributed by atoms with van der Waals surface area (Å²) in [6.45, 7) is 4.80. The molecule has 0 bridgehead atoms. The van der Waals surface area contributed by atoms with Crippen molar-refractivity contribution >= 4 is 62.3 Å². The minimum Gasteiger partial charge on any atom is -0.352 e. The molecule has 0 fully saturated rings. The van der Waals surface area contributed by atoms with Gasteiger partial charge in [0.1, 0.15) is 12.6 Å². The number of hydrogen-bond donors (Lipinski definition) is 1. The first-order valence-electron chi connectivity index (χ1n) is 10.6. The second kappa shape index (κ2) is 12.1. The standard InChI is InChI=1S/C23H28Cl3N3O4S/c1-5-15(2)27-23(31)16(3)28(13-17-10-11-18(24)12-20(17)26)22(30)14-29(34(4,32)33)21-9-7-6-8-19(21)25/h6-12,15-16H,5,13-14H2,1-4H3,(H,27,31)/t15-,16-/m0/s1. The van der Waals surface area contributed by atoms with Gasteiger partial charge in [-0.3, -0.25) is 13.9 Å². The van der Waals surface area contributed by atoms with E-state index in [0.717, 1.165) is 10.6 Å². The first-order chi connectivity index (χ1) is 15.8. The molecule has 2 rings (SSSR count). The van der Waals surface area contributed by atoms with Gasteiger partial charge in [0.05, 0.1) is 17.0 Å². The second-order valence-electron chi connectivity index (χ2n) is 7.97. The van der Waals surface area contributed by atoms with Crippen molar-refractivity contribution in [3.63, 3.8) is 0 Å². The molecule has 0 saturated heterocycles. The van der Waals surface area contributed by atoms with E-state index < -0.39 is 28.5 Å². The topological polar surface area (TPSA) is 86.8 Å². The molecule has 2 atom stereocenters. The molecule has 0 heterocycles. The molecule has 0 spiro atoms. The molecule has 0 aromatic heterocycles. The Hall–Kier alpha value is -2.00. The molecule has 2 amide bonds. The van der Waals surface area contributed by atoms with Gasteiger partial charge in [0, 0.05) is 22.6 Å². The maximum atomic E-state index is 13.5. The van der Waals surface area contributed by atoms with Crippen LogP contribution in [0.1, 0.15) is 32.8 Å². The molecule has 0 unspecified atom stereocenters.